The zero-order valence-corrected chi connectivity index (χ0v) is 14.8. The molecule has 8 heteroatoms. The van der Waals surface area contributed by atoms with Crippen LogP contribution in [0.2, 0.25) is 0 Å². The molecule has 0 saturated carbocycles. The van der Waals surface area contributed by atoms with Crippen molar-refractivity contribution in [3.05, 3.63) is 72.2 Å². The summed E-state index contributed by atoms with van der Waals surface area (Å²) in [4.78, 5) is 3.98. The lowest BCUT2D eigenvalue weighted by atomic mass is 9.98. The van der Waals surface area contributed by atoms with Crippen molar-refractivity contribution in [2.75, 3.05) is 6.26 Å². The average Bonchev–Trinajstić information content (AvgIpc) is 2.60. The second-order valence-corrected chi connectivity index (χ2v) is 7.94. The number of pyridine rings is 1. The van der Waals surface area contributed by atoms with Gasteiger partial charge in [0.25, 0.3) is 0 Å². The Bertz CT molecular complexity index is 1070. The van der Waals surface area contributed by atoms with E-state index in [-0.39, 0.29) is 16.2 Å². The summed E-state index contributed by atoms with van der Waals surface area (Å²) < 4.78 is 75.7. The van der Waals surface area contributed by atoms with Gasteiger partial charge in [0.1, 0.15) is 5.82 Å². The summed E-state index contributed by atoms with van der Waals surface area (Å²) in [6, 6.07) is 11.6. The average molecular weight is 395 g/mol. The van der Waals surface area contributed by atoms with Crippen molar-refractivity contribution in [2.45, 2.75) is 11.1 Å². The number of hydrogen-bond acceptors (Lipinski definition) is 3. The second kappa shape index (κ2) is 6.77. The minimum Gasteiger partial charge on any atom is -0.255 e. The normalized spacial score (nSPS) is 12.2. The zero-order valence-electron chi connectivity index (χ0n) is 14.0. The van der Waals surface area contributed by atoms with Gasteiger partial charge in [0.05, 0.1) is 16.2 Å². The standard InChI is InChI=1S/C19H13F4NO2S/c1-27(25,26)16-8-4-12(5-9-16)17-10-14(19(21,22)23)11-24-18(17)13-2-6-15(20)7-3-13/h2-11H,1H3. The summed E-state index contributed by atoms with van der Waals surface area (Å²) >= 11 is 0. The number of nitrogens with zero attached hydrogens (tertiary/aromatic N) is 1. The van der Waals surface area contributed by atoms with Crippen LogP contribution in [0.1, 0.15) is 5.56 Å². The molecule has 3 rings (SSSR count). The van der Waals surface area contributed by atoms with Crippen LogP contribution >= 0.6 is 0 Å². The van der Waals surface area contributed by atoms with Gasteiger partial charge in [-0.05, 0) is 48.0 Å². The lowest BCUT2D eigenvalue weighted by molar-refractivity contribution is -0.137. The fraction of sp³-hybridized carbons (Fsp3) is 0.105. The molecule has 2 aromatic carbocycles. The lowest BCUT2D eigenvalue weighted by Crippen LogP contribution is -2.06. The van der Waals surface area contributed by atoms with E-state index in [2.05, 4.69) is 4.98 Å². The van der Waals surface area contributed by atoms with E-state index >= 15 is 0 Å². The van der Waals surface area contributed by atoms with E-state index < -0.39 is 27.4 Å². The van der Waals surface area contributed by atoms with Crippen LogP contribution in [0.5, 0.6) is 0 Å². The molecule has 0 atom stereocenters. The van der Waals surface area contributed by atoms with Crippen molar-refractivity contribution in [1.29, 1.82) is 0 Å². The summed E-state index contributed by atoms with van der Waals surface area (Å²) in [5.41, 5.74) is 0.259. The SMILES string of the molecule is CS(=O)(=O)c1ccc(-c2cc(C(F)(F)F)cnc2-c2ccc(F)cc2)cc1. The molecule has 0 fully saturated rings. The van der Waals surface area contributed by atoms with E-state index in [0.717, 1.165) is 12.3 Å². The van der Waals surface area contributed by atoms with Gasteiger partial charge in [-0.2, -0.15) is 13.2 Å². The summed E-state index contributed by atoms with van der Waals surface area (Å²) in [5.74, 6) is -0.482. The Labute approximate surface area is 153 Å². The van der Waals surface area contributed by atoms with E-state index in [4.69, 9.17) is 0 Å². The molecule has 3 aromatic rings. The maximum absolute atomic E-state index is 13.2. The number of sulfone groups is 1. The third-order valence-electron chi connectivity index (χ3n) is 3.93. The summed E-state index contributed by atoms with van der Waals surface area (Å²) in [6.07, 6.45) is -2.83. The van der Waals surface area contributed by atoms with Gasteiger partial charge in [-0.1, -0.05) is 12.1 Å². The molecule has 140 valence electrons. The third-order valence-corrected chi connectivity index (χ3v) is 5.05. The molecule has 27 heavy (non-hydrogen) atoms. The Balaban J connectivity index is 2.20. The highest BCUT2D eigenvalue weighted by atomic mass is 32.2. The maximum atomic E-state index is 13.2. The van der Waals surface area contributed by atoms with Gasteiger partial charge in [-0.3, -0.25) is 4.98 Å². The largest absolute Gasteiger partial charge is 0.417 e. The van der Waals surface area contributed by atoms with Crippen molar-refractivity contribution in [3.8, 4) is 22.4 Å². The molecule has 1 heterocycles. The van der Waals surface area contributed by atoms with Crippen molar-refractivity contribution >= 4 is 9.84 Å². The Kier molecular flexibility index (Phi) is 4.77. The number of alkyl halides is 3. The van der Waals surface area contributed by atoms with Gasteiger partial charge in [0.2, 0.25) is 0 Å². The van der Waals surface area contributed by atoms with Crippen LogP contribution in [-0.4, -0.2) is 19.7 Å². The van der Waals surface area contributed by atoms with Crippen molar-refractivity contribution in [1.82, 2.24) is 4.98 Å². The lowest BCUT2D eigenvalue weighted by Gasteiger charge is -2.14. The van der Waals surface area contributed by atoms with Crippen LogP contribution < -0.4 is 0 Å². The molecule has 1 aromatic heterocycles. The maximum Gasteiger partial charge on any atom is 0.417 e. The van der Waals surface area contributed by atoms with E-state index in [9.17, 15) is 26.0 Å². The van der Waals surface area contributed by atoms with E-state index in [1.165, 1.54) is 48.5 Å². The molecular weight excluding hydrogens is 382 g/mol. The monoisotopic (exact) mass is 395 g/mol. The summed E-state index contributed by atoms with van der Waals surface area (Å²) in [7, 11) is -3.44. The molecule has 0 amide bonds. The smallest absolute Gasteiger partial charge is 0.255 e. The Morgan fingerprint density at radius 3 is 1.96 bits per heavy atom. The second-order valence-electron chi connectivity index (χ2n) is 5.92. The predicted octanol–water partition coefficient (Wildman–Crippen LogP) is 4.98. The zero-order chi connectivity index (χ0) is 19.8. The van der Waals surface area contributed by atoms with Crippen molar-refractivity contribution < 1.29 is 26.0 Å². The predicted molar refractivity (Wildman–Crippen MR) is 93.2 cm³/mol. The highest BCUT2D eigenvalue weighted by Gasteiger charge is 2.32. The van der Waals surface area contributed by atoms with Gasteiger partial charge >= 0.3 is 6.18 Å². The molecule has 0 radical (unpaired) electrons. The minimum absolute atomic E-state index is 0.0505. The summed E-state index contributed by atoms with van der Waals surface area (Å²) in [6.45, 7) is 0. The van der Waals surface area contributed by atoms with E-state index in [1.807, 2.05) is 0 Å². The number of halogens is 4. The Hall–Kier alpha value is -2.74. The molecule has 0 bridgehead atoms. The third kappa shape index (κ3) is 4.16. The topological polar surface area (TPSA) is 47.0 Å². The van der Waals surface area contributed by atoms with Gasteiger partial charge in [-0.15, -0.1) is 0 Å². The van der Waals surface area contributed by atoms with Crippen molar-refractivity contribution in [2.24, 2.45) is 0 Å². The molecule has 3 nitrogen and oxygen atoms in total. The quantitative estimate of drug-likeness (QED) is 0.588. The molecular formula is C19H13F4NO2S. The Morgan fingerprint density at radius 2 is 1.44 bits per heavy atom. The highest BCUT2D eigenvalue weighted by Crippen LogP contribution is 2.36. The molecule has 0 aliphatic carbocycles. The molecule has 0 aliphatic rings. The van der Waals surface area contributed by atoms with Crippen molar-refractivity contribution in [3.63, 3.8) is 0 Å². The van der Waals surface area contributed by atoms with Gasteiger partial charge in [0, 0.05) is 23.6 Å². The molecule has 0 N–H and O–H groups in total. The first-order valence-corrected chi connectivity index (χ1v) is 9.58. The summed E-state index contributed by atoms with van der Waals surface area (Å²) in [5, 5.41) is 0. The fourth-order valence-electron chi connectivity index (χ4n) is 2.56. The first kappa shape index (κ1) is 19.0. The molecule has 0 saturated heterocycles. The van der Waals surface area contributed by atoms with Crippen LogP contribution in [0.25, 0.3) is 22.4 Å². The van der Waals surface area contributed by atoms with E-state index in [1.54, 1.807) is 0 Å². The van der Waals surface area contributed by atoms with Gasteiger partial charge in [-0.25, -0.2) is 12.8 Å². The van der Waals surface area contributed by atoms with Crippen LogP contribution in [0.3, 0.4) is 0 Å². The molecule has 0 spiro atoms. The number of hydrogen-bond donors (Lipinski definition) is 0. The number of benzene rings is 2. The van der Waals surface area contributed by atoms with Crippen LogP contribution in [-0.2, 0) is 16.0 Å². The van der Waals surface area contributed by atoms with Crippen LogP contribution in [0.15, 0.2) is 65.7 Å². The minimum atomic E-state index is -4.59. The van der Waals surface area contributed by atoms with Crippen LogP contribution in [0, 0.1) is 5.82 Å². The van der Waals surface area contributed by atoms with Crippen LogP contribution in [0.4, 0.5) is 17.6 Å². The first-order chi connectivity index (χ1) is 12.6. The number of rotatable bonds is 3. The molecule has 0 aliphatic heterocycles. The molecule has 0 unspecified atom stereocenters. The highest BCUT2D eigenvalue weighted by molar-refractivity contribution is 7.90. The van der Waals surface area contributed by atoms with Gasteiger partial charge in [0.15, 0.2) is 9.84 Å². The fourth-order valence-corrected chi connectivity index (χ4v) is 3.19. The number of aromatic nitrogens is 1. The van der Waals surface area contributed by atoms with Gasteiger partial charge < -0.3 is 0 Å². The first-order valence-electron chi connectivity index (χ1n) is 7.69. The van der Waals surface area contributed by atoms with E-state index in [0.29, 0.717) is 17.3 Å². The Morgan fingerprint density at radius 1 is 0.889 bits per heavy atom.